The number of nitrogens with one attached hydrogen (secondary N) is 1. The Morgan fingerprint density at radius 3 is 2.26 bits per heavy atom. The van der Waals surface area contributed by atoms with Crippen molar-refractivity contribution < 1.29 is 36.2 Å². The molecule has 0 atom stereocenters. The fourth-order valence-corrected chi connectivity index (χ4v) is 4.53. The van der Waals surface area contributed by atoms with Crippen molar-refractivity contribution in [1.29, 1.82) is 0 Å². The Bertz CT molecular complexity index is 1300. The fourth-order valence-electron chi connectivity index (χ4n) is 2.79. The van der Waals surface area contributed by atoms with Crippen LogP contribution in [0.1, 0.15) is 15.9 Å². The zero-order valence-electron chi connectivity index (χ0n) is 17.4. The molecule has 0 aliphatic heterocycles. The van der Waals surface area contributed by atoms with Crippen LogP contribution in [0.25, 0.3) is 0 Å². The quantitative estimate of drug-likeness (QED) is 0.265. The molecule has 6 nitrogen and oxygen atoms in total. The van der Waals surface area contributed by atoms with Crippen molar-refractivity contribution >= 4 is 49.1 Å². The Hall–Kier alpha value is -2.70. The highest BCUT2D eigenvalue weighted by atomic mass is 79.9. The molecule has 3 aromatic rings. The van der Waals surface area contributed by atoms with Gasteiger partial charge in [-0.2, -0.15) is 13.2 Å². The van der Waals surface area contributed by atoms with Gasteiger partial charge in [0, 0.05) is 21.2 Å². The summed E-state index contributed by atoms with van der Waals surface area (Å²) in [6, 6.07) is 14.2. The van der Waals surface area contributed by atoms with E-state index in [1.54, 1.807) is 24.3 Å². The second kappa shape index (κ2) is 10.3. The zero-order chi connectivity index (χ0) is 25.1. The molecule has 0 saturated carbocycles. The number of hydrogen-bond acceptors (Lipinski definition) is 6. The van der Waals surface area contributed by atoms with Crippen molar-refractivity contribution in [2.75, 3.05) is 11.6 Å². The van der Waals surface area contributed by atoms with Crippen LogP contribution in [0.2, 0.25) is 0 Å². The SMILES string of the molecule is CS(=O)(=O)c1cc(NC(=O)c2ccc(COc3ccc(SC(F)(F)F)cc3)cc2)c(Br)cc1O. The summed E-state index contributed by atoms with van der Waals surface area (Å²) in [6.07, 6.45) is 0.943. The minimum absolute atomic E-state index is 0.0548. The van der Waals surface area contributed by atoms with Gasteiger partial charge in [0.2, 0.25) is 0 Å². The number of amides is 1. The van der Waals surface area contributed by atoms with Crippen molar-refractivity contribution in [3.8, 4) is 11.5 Å². The molecule has 34 heavy (non-hydrogen) atoms. The van der Waals surface area contributed by atoms with E-state index in [0.717, 1.165) is 17.9 Å². The summed E-state index contributed by atoms with van der Waals surface area (Å²) in [7, 11) is -3.71. The lowest BCUT2D eigenvalue weighted by Crippen LogP contribution is -2.13. The predicted molar refractivity (Wildman–Crippen MR) is 126 cm³/mol. The highest BCUT2D eigenvalue weighted by molar-refractivity contribution is 9.10. The maximum absolute atomic E-state index is 12.6. The number of carbonyl (C=O) groups is 1. The lowest BCUT2D eigenvalue weighted by atomic mass is 10.1. The second-order valence-electron chi connectivity index (χ2n) is 7.03. The largest absolute Gasteiger partial charge is 0.507 e. The standard InChI is InChI=1S/C22H17BrF3NO5S2/c1-34(30,31)20-11-18(17(23)10-19(20)28)27-21(29)14-4-2-13(3-5-14)12-32-15-6-8-16(9-7-15)33-22(24,25)26/h2-11,28H,12H2,1H3,(H,27,29). The maximum Gasteiger partial charge on any atom is 0.446 e. The molecule has 0 fully saturated rings. The van der Waals surface area contributed by atoms with E-state index >= 15 is 0 Å². The van der Waals surface area contributed by atoms with Gasteiger partial charge in [0.15, 0.2) is 9.84 Å². The van der Waals surface area contributed by atoms with Crippen LogP contribution in [-0.2, 0) is 16.4 Å². The van der Waals surface area contributed by atoms with Crippen molar-refractivity contribution in [3.05, 3.63) is 76.3 Å². The first-order valence-electron chi connectivity index (χ1n) is 9.43. The van der Waals surface area contributed by atoms with Gasteiger partial charge in [0.25, 0.3) is 5.91 Å². The monoisotopic (exact) mass is 575 g/mol. The van der Waals surface area contributed by atoms with E-state index in [1.165, 1.54) is 30.3 Å². The third-order valence-corrected chi connectivity index (χ3v) is 6.90. The Morgan fingerprint density at radius 1 is 1.09 bits per heavy atom. The molecule has 0 saturated heterocycles. The summed E-state index contributed by atoms with van der Waals surface area (Å²) < 4.78 is 66.6. The van der Waals surface area contributed by atoms with Crippen LogP contribution in [-0.4, -0.2) is 31.2 Å². The van der Waals surface area contributed by atoms with E-state index < -0.39 is 27.0 Å². The van der Waals surface area contributed by atoms with Gasteiger partial charge < -0.3 is 15.2 Å². The molecular formula is C22H17BrF3NO5S2. The number of sulfone groups is 1. The Kier molecular flexibility index (Phi) is 7.84. The van der Waals surface area contributed by atoms with E-state index in [0.29, 0.717) is 10.2 Å². The predicted octanol–water partition coefficient (Wildman–Crippen LogP) is 6.00. The number of hydrogen-bond donors (Lipinski definition) is 2. The Balaban J connectivity index is 1.63. The maximum atomic E-state index is 12.6. The van der Waals surface area contributed by atoms with Crippen LogP contribution in [0.5, 0.6) is 11.5 Å². The number of carbonyl (C=O) groups excluding carboxylic acids is 1. The molecule has 0 aromatic heterocycles. The van der Waals surface area contributed by atoms with Gasteiger partial charge in [-0.15, -0.1) is 0 Å². The Labute approximate surface area is 206 Å². The first-order chi connectivity index (χ1) is 15.8. The number of anilines is 1. The van der Waals surface area contributed by atoms with Crippen LogP contribution in [0.4, 0.5) is 18.9 Å². The molecular weight excluding hydrogens is 559 g/mol. The molecule has 0 aliphatic rings. The summed E-state index contributed by atoms with van der Waals surface area (Å²) >= 11 is 2.97. The number of phenolic OH excluding ortho intramolecular Hbond substituents is 1. The van der Waals surface area contributed by atoms with Gasteiger partial charge in [0.05, 0.1) is 5.69 Å². The molecule has 3 rings (SSSR count). The third kappa shape index (κ3) is 7.15. The summed E-state index contributed by atoms with van der Waals surface area (Å²) in [6.45, 7) is 0.134. The summed E-state index contributed by atoms with van der Waals surface area (Å²) in [4.78, 5) is 12.3. The molecule has 3 aromatic carbocycles. The summed E-state index contributed by atoms with van der Waals surface area (Å²) in [5.74, 6) is -0.547. The van der Waals surface area contributed by atoms with E-state index in [2.05, 4.69) is 21.2 Å². The van der Waals surface area contributed by atoms with Crippen LogP contribution in [0.3, 0.4) is 0 Å². The number of ether oxygens (including phenoxy) is 1. The first kappa shape index (κ1) is 25.9. The molecule has 2 N–H and O–H groups in total. The molecule has 0 radical (unpaired) electrons. The van der Waals surface area contributed by atoms with Crippen LogP contribution < -0.4 is 10.1 Å². The lowest BCUT2D eigenvalue weighted by molar-refractivity contribution is -0.0328. The summed E-state index contributed by atoms with van der Waals surface area (Å²) in [5, 5.41) is 12.4. The van der Waals surface area contributed by atoms with E-state index in [1.807, 2.05) is 0 Å². The summed E-state index contributed by atoms with van der Waals surface area (Å²) in [5.41, 5.74) is -3.18. The number of halogens is 4. The van der Waals surface area contributed by atoms with Gasteiger partial charge in [-0.25, -0.2) is 8.42 Å². The van der Waals surface area contributed by atoms with Gasteiger partial charge in [0.1, 0.15) is 23.0 Å². The van der Waals surface area contributed by atoms with Gasteiger partial charge in [-0.1, -0.05) is 12.1 Å². The van der Waals surface area contributed by atoms with Crippen molar-refractivity contribution in [3.63, 3.8) is 0 Å². The van der Waals surface area contributed by atoms with E-state index in [9.17, 15) is 31.5 Å². The van der Waals surface area contributed by atoms with Crippen molar-refractivity contribution in [2.24, 2.45) is 0 Å². The van der Waals surface area contributed by atoms with E-state index in [4.69, 9.17) is 4.74 Å². The number of phenols is 1. The smallest absolute Gasteiger partial charge is 0.446 e. The van der Waals surface area contributed by atoms with Gasteiger partial charge in [-0.3, -0.25) is 4.79 Å². The molecule has 0 spiro atoms. The van der Waals surface area contributed by atoms with Gasteiger partial charge >= 0.3 is 5.51 Å². The lowest BCUT2D eigenvalue weighted by Gasteiger charge is -2.11. The molecule has 1 amide bonds. The molecule has 0 unspecified atom stereocenters. The number of alkyl halides is 3. The molecule has 180 valence electrons. The molecule has 12 heteroatoms. The number of thioether (sulfide) groups is 1. The zero-order valence-corrected chi connectivity index (χ0v) is 20.6. The molecule has 0 aliphatic carbocycles. The van der Waals surface area contributed by atoms with E-state index in [-0.39, 0.29) is 39.4 Å². The molecule has 0 heterocycles. The van der Waals surface area contributed by atoms with Crippen molar-refractivity contribution in [2.45, 2.75) is 21.9 Å². The topological polar surface area (TPSA) is 92.7 Å². The van der Waals surface area contributed by atoms with Gasteiger partial charge in [-0.05, 0) is 81.8 Å². The van der Waals surface area contributed by atoms with Crippen LogP contribution in [0.15, 0.2) is 74.9 Å². The Morgan fingerprint density at radius 2 is 1.71 bits per heavy atom. The van der Waals surface area contributed by atoms with Crippen molar-refractivity contribution in [1.82, 2.24) is 0 Å². The van der Waals surface area contributed by atoms with Crippen LogP contribution >= 0.6 is 27.7 Å². The average Bonchev–Trinajstić information content (AvgIpc) is 2.73. The number of aromatic hydroxyl groups is 1. The minimum atomic E-state index is -4.36. The third-order valence-electron chi connectivity index (χ3n) is 4.38. The number of rotatable bonds is 7. The minimum Gasteiger partial charge on any atom is -0.507 e. The average molecular weight is 576 g/mol. The van der Waals surface area contributed by atoms with Crippen LogP contribution in [0, 0.1) is 0 Å². The highest BCUT2D eigenvalue weighted by Gasteiger charge is 2.29. The number of benzene rings is 3. The normalized spacial score (nSPS) is 11.8. The fraction of sp³-hybridized carbons (Fsp3) is 0.136. The first-order valence-corrected chi connectivity index (χ1v) is 12.9. The second-order valence-corrected chi connectivity index (χ2v) is 11.0. The molecule has 0 bridgehead atoms. The highest BCUT2D eigenvalue weighted by Crippen LogP contribution is 2.37.